The maximum atomic E-state index is 11.8. The molecule has 5 heteroatoms. The van der Waals surface area contributed by atoms with E-state index in [1.165, 1.54) is 13.0 Å². The van der Waals surface area contributed by atoms with Crippen LogP contribution < -0.4 is 10.6 Å². The summed E-state index contributed by atoms with van der Waals surface area (Å²) in [6.45, 7) is 5.13. The molecule has 3 heterocycles. The van der Waals surface area contributed by atoms with E-state index in [0.29, 0.717) is 18.0 Å². The number of amides is 2. The lowest BCUT2D eigenvalue weighted by Crippen LogP contribution is -2.57. The second-order valence-electron chi connectivity index (χ2n) is 5.33. The van der Waals surface area contributed by atoms with Crippen molar-refractivity contribution in [1.82, 2.24) is 20.4 Å². The minimum atomic E-state index is 0.144. The van der Waals surface area contributed by atoms with E-state index in [1.807, 2.05) is 4.90 Å². The molecule has 0 aromatic heterocycles. The van der Waals surface area contributed by atoms with E-state index in [-0.39, 0.29) is 6.03 Å². The van der Waals surface area contributed by atoms with Crippen molar-refractivity contribution in [2.24, 2.45) is 5.92 Å². The number of likely N-dealkylation sites (tertiary alicyclic amines) is 1. The Labute approximate surface area is 96.2 Å². The zero-order valence-electron chi connectivity index (χ0n) is 9.78. The Morgan fingerprint density at radius 2 is 2.12 bits per heavy atom. The summed E-state index contributed by atoms with van der Waals surface area (Å²) in [5.41, 5.74) is 0. The average molecular weight is 224 g/mol. The molecule has 90 valence electrons. The summed E-state index contributed by atoms with van der Waals surface area (Å²) in [7, 11) is 2.16. The van der Waals surface area contributed by atoms with E-state index in [2.05, 4.69) is 22.6 Å². The molecule has 3 rings (SSSR count). The van der Waals surface area contributed by atoms with Crippen LogP contribution in [0.5, 0.6) is 0 Å². The lowest BCUT2D eigenvalue weighted by Gasteiger charge is -2.34. The van der Waals surface area contributed by atoms with Gasteiger partial charge in [0.25, 0.3) is 0 Å². The molecule has 0 bridgehead atoms. The third-order valence-electron chi connectivity index (χ3n) is 4.16. The minimum Gasteiger partial charge on any atom is -0.333 e. The van der Waals surface area contributed by atoms with Crippen molar-refractivity contribution in [2.45, 2.75) is 18.5 Å². The molecule has 0 aromatic rings. The molecule has 0 radical (unpaired) electrons. The molecule has 3 aliphatic rings. The molecule has 2 atom stereocenters. The third-order valence-corrected chi connectivity index (χ3v) is 4.16. The van der Waals surface area contributed by atoms with Crippen LogP contribution in [0.15, 0.2) is 0 Å². The fourth-order valence-corrected chi connectivity index (χ4v) is 2.96. The monoisotopic (exact) mass is 224 g/mol. The van der Waals surface area contributed by atoms with E-state index in [0.717, 1.165) is 26.2 Å². The van der Waals surface area contributed by atoms with Gasteiger partial charge in [0.15, 0.2) is 0 Å². The van der Waals surface area contributed by atoms with E-state index in [9.17, 15) is 4.79 Å². The summed E-state index contributed by atoms with van der Waals surface area (Å²) >= 11 is 0. The normalized spacial score (nSPS) is 36.6. The molecule has 2 N–H and O–H groups in total. The first-order valence-electron chi connectivity index (χ1n) is 6.20. The number of nitrogens with zero attached hydrogens (tertiary/aromatic N) is 2. The summed E-state index contributed by atoms with van der Waals surface area (Å²) in [4.78, 5) is 16.2. The molecule has 5 nitrogen and oxygen atoms in total. The molecule has 16 heavy (non-hydrogen) atoms. The lowest BCUT2D eigenvalue weighted by atomic mass is 9.99. The zero-order chi connectivity index (χ0) is 11.1. The van der Waals surface area contributed by atoms with E-state index in [1.54, 1.807) is 0 Å². The molecule has 0 aromatic carbocycles. The summed E-state index contributed by atoms with van der Waals surface area (Å²) in [6.07, 6.45) is 1.22. The topological polar surface area (TPSA) is 47.6 Å². The van der Waals surface area contributed by atoms with E-state index in [4.69, 9.17) is 0 Å². The predicted octanol–water partition coefficient (Wildman–Crippen LogP) is -0.696. The van der Waals surface area contributed by atoms with Crippen LogP contribution in [0.25, 0.3) is 0 Å². The first-order chi connectivity index (χ1) is 7.74. The largest absolute Gasteiger partial charge is 0.333 e. The second-order valence-corrected chi connectivity index (χ2v) is 5.33. The van der Waals surface area contributed by atoms with Gasteiger partial charge in [-0.15, -0.1) is 0 Å². The maximum absolute atomic E-state index is 11.8. The minimum absolute atomic E-state index is 0.144. The van der Waals surface area contributed by atoms with Crippen molar-refractivity contribution in [1.29, 1.82) is 0 Å². The Kier molecular flexibility index (Phi) is 2.52. The number of rotatable bonds is 2. The Balaban J connectivity index is 1.60. The predicted molar refractivity (Wildman–Crippen MR) is 61.3 cm³/mol. The van der Waals surface area contributed by atoms with Crippen molar-refractivity contribution in [3.8, 4) is 0 Å². The Morgan fingerprint density at radius 3 is 2.69 bits per heavy atom. The van der Waals surface area contributed by atoms with Crippen molar-refractivity contribution in [2.75, 3.05) is 39.8 Å². The second kappa shape index (κ2) is 3.89. The van der Waals surface area contributed by atoms with Crippen molar-refractivity contribution in [3.63, 3.8) is 0 Å². The van der Waals surface area contributed by atoms with Crippen LogP contribution in [0.4, 0.5) is 4.79 Å². The van der Waals surface area contributed by atoms with Gasteiger partial charge in [-0.2, -0.15) is 0 Å². The number of hydrogen-bond donors (Lipinski definition) is 2. The van der Waals surface area contributed by atoms with Crippen molar-refractivity contribution < 1.29 is 4.79 Å². The average Bonchev–Trinajstić information content (AvgIpc) is 2.72. The fraction of sp³-hybridized carbons (Fsp3) is 0.909. The summed E-state index contributed by atoms with van der Waals surface area (Å²) in [5.74, 6) is 0.645. The standard InChI is InChI=1S/C11H20N4O/c1-14-3-2-8(6-14)10-7-15(11(16)13-10)9-4-12-5-9/h8-10,12H,2-7H2,1H3,(H,13,16). The van der Waals surface area contributed by atoms with Crippen LogP contribution >= 0.6 is 0 Å². The third kappa shape index (κ3) is 1.68. The van der Waals surface area contributed by atoms with Gasteiger partial charge in [0.2, 0.25) is 0 Å². The van der Waals surface area contributed by atoms with Gasteiger partial charge >= 0.3 is 6.03 Å². The summed E-state index contributed by atoms with van der Waals surface area (Å²) < 4.78 is 0. The number of carbonyl (C=O) groups excluding carboxylic acids is 1. The van der Waals surface area contributed by atoms with Crippen molar-refractivity contribution >= 4 is 6.03 Å². The van der Waals surface area contributed by atoms with Gasteiger partial charge in [0, 0.05) is 26.2 Å². The molecular weight excluding hydrogens is 204 g/mol. The molecular formula is C11H20N4O. The highest BCUT2D eigenvalue weighted by Gasteiger charge is 2.40. The Morgan fingerprint density at radius 1 is 1.31 bits per heavy atom. The van der Waals surface area contributed by atoms with E-state index < -0.39 is 0 Å². The number of nitrogens with one attached hydrogen (secondary N) is 2. The van der Waals surface area contributed by atoms with Crippen LogP contribution in [-0.4, -0.2) is 67.7 Å². The lowest BCUT2D eigenvalue weighted by molar-refractivity contribution is 0.171. The van der Waals surface area contributed by atoms with Crippen LogP contribution in [-0.2, 0) is 0 Å². The highest BCUT2D eigenvalue weighted by molar-refractivity contribution is 5.77. The molecule has 2 amide bonds. The molecule has 0 aliphatic carbocycles. The highest BCUT2D eigenvalue weighted by Crippen LogP contribution is 2.23. The molecule has 0 spiro atoms. The zero-order valence-corrected chi connectivity index (χ0v) is 9.78. The van der Waals surface area contributed by atoms with Crippen LogP contribution in [0.1, 0.15) is 6.42 Å². The van der Waals surface area contributed by atoms with Gasteiger partial charge in [0.05, 0.1) is 12.1 Å². The van der Waals surface area contributed by atoms with Gasteiger partial charge < -0.3 is 20.4 Å². The smallest absolute Gasteiger partial charge is 0.318 e. The SMILES string of the molecule is CN1CCC(C2CN(C3CNC3)C(=O)N2)C1. The molecule has 3 saturated heterocycles. The van der Waals surface area contributed by atoms with Gasteiger partial charge in [-0.1, -0.05) is 0 Å². The molecule has 2 unspecified atom stereocenters. The molecule has 3 aliphatic heterocycles. The Hall–Kier alpha value is -0.810. The Bertz CT molecular complexity index is 292. The first kappa shape index (κ1) is 10.4. The van der Waals surface area contributed by atoms with Crippen molar-refractivity contribution in [3.05, 3.63) is 0 Å². The highest BCUT2D eigenvalue weighted by atomic mass is 16.2. The number of carbonyl (C=O) groups is 1. The van der Waals surface area contributed by atoms with E-state index >= 15 is 0 Å². The summed E-state index contributed by atoms with van der Waals surface area (Å²) in [5, 5.41) is 6.37. The molecule has 0 saturated carbocycles. The van der Waals surface area contributed by atoms with Crippen LogP contribution in [0.3, 0.4) is 0 Å². The van der Waals surface area contributed by atoms with Gasteiger partial charge in [0.1, 0.15) is 0 Å². The first-order valence-corrected chi connectivity index (χ1v) is 6.20. The van der Waals surface area contributed by atoms with Crippen LogP contribution in [0.2, 0.25) is 0 Å². The van der Waals surface area contributed by atoms with Gasteiger partial charge in [-0.3, -0.25) is 0 Å². The quantitative estimate of drug-likeness (QED) is 0.652. The van der Waals surface area contributed by atoms with Gasteiger partial charge in [-0.05, 0) is 25.9 Å². The van der Waals surface area contributed by atoms with Gasteiger partial charge in [-0.25, -0.2) is 4.79 Å². The number of hydrogen-bond acceptors (Lipinski definition) is 3. The number of urea groups is 1. The maximum Gasteiger partial charge on any atom is 0.318 e. The summed E-state index contributed by atoms with van der Waals surface area (Å²) in [6, 6.07) is 0.952. The molecule has 3 fully saturated rings. The van der Waals surface area contributed by atoms with Crippen LogP contribution in [0, 0.1) is 5.92 Å². The fourth-order valence-electron chi connectivity index (χ4n) is 2.96.